The van der Waals surface area contributed by atoms with Crippen molar-refractivity contribution in [1.82, 2.24) is 5.32 Å². The van der Waals surface area contributed by atoms with Crippen LogP contribution in [-0.2, 0) is 16.6 Å². The molecule has 1 saturated carbocycles. The van der Waals surface area contributed by atoms with Gasteiger partial charge in [0.1, 0.15) is 0 Å². The number of para-hydroxylation sites is 1. The Balaban J connectivity index is 1.47. The zero-order valence-electron chi connectivity index (χ0n) is 22.2. The standard InChI is InChI=1S/C30H35N3O4S/c1-21-13-14-22(2)28(19-21)33(38(3,36)37)20-23-15-17-24(18-16-23)29(34)32-27-12-8-7-11-26(27)30(35)31-25-9-5-4-6-10-25/h7-8,11-19,25H,4-6,9-10,20H2,1-3H3,(H,31,35)(H,32,34). The van der Waals surface area contributed by atoms with Gasteiger partial charge in [-0.25, -0.2) is 8.42 Å². The molecule has 3 aromatic rings. The van der Waals surface area contributed by atoms with Gasteiger partial charge in [0.05, 0.1) is 29.7 Å². The highest BCUT2D eigenvalue weighted by Crippen LogP contribution is 2.26. The first-order valence-corrected chi connectivity index (χ1v) is 14.8. The van der Waals surface area contributed by atoms with Crippen LogP contribution in [0.15, 0.2) is 66.7 Å². The lowest BCUT2D eigenvalue weighted by Crippen LogP contribution is -2.36. The Morgan fingerprint density at radius 2 is 1.58 bits per heavy atom. The van der Waals surface area contributed by atoms with E-state index in [1.54, 1.807) is 48.5 Å². The second-order valence-electron chi connectivity index (χ2n) is 10.1. The van der Waals surface area contributed by atoms with Crippen molar-refractivity contribution >= 4 is 33.2 Å². The van der Waals surface area contributed by atoms with Gasteiger partial charge in [-0.3, -0.25) is 13.9 Å². The molecule has 7 nitrogen and oxygen atoms in total. The van der Waals surface area contributed by atoms with E-state index in [0.717, 1.165) is 42.4 Å². The molecule has 0 unspecified atom stereocenters. The van der Waals surface area contributed by atoms with Crippen LogP contribution in [0.2, 0.25) is 0 Å². The lowest BCUT2D eigenvalue weighted by molar-refractivity contribution is 0.0928. The average Bonchev–Trinajstić information content (AvgIpc) is 2.89. The van der Waals surface area contributed by atoms with Crippen molar-refractivity contribution in [2.45, 2.75) is 58.5 Å². The summed E-state index contributed by atoms with van der Waals surface area (Å²) in [6.45, 7) is 3.96. The number of anilines is 2. The molecule has 1 aliphatic rings. The van der Waals surface area contributed by atoms with Crippen LogP contribution in [0.3, 0.4) is 0 Å². The second kappa shape index (κ2) is 11.8. The van der Waals surface area contributed by atoms with Crippen LogP contribution in [0.4, 0.5) is 11.4 Å². The van der Waals surface area contributed by atoms with E-state index in [1.165, 1.54) is 17.0 Å². The van der Waals surface area contributed by atoms with E-state index in [0.29, 0.717) is 22.5 Å². The lowest BCUT2D eigenvalue weighted by atomic mass is 9.95. The number of benzene rings is 3. The predicted molar refractivity (Wildman–Crippen MR) is 152 cm³/mol. The number of carbonyl (C=O) groups excluding carboxylic acids is 2. The molecule has 200 valence electrons. The van der Waals surface area contributed by atoms with Crippen LogP contribution in [0.5, 0.6) is 0 Å². The first-order valence-electron chi connectivity index (χ1n) is 13.0. The Morgan fingerprint density at radius 1 is 0.895 bits per heavy atom. The van der Waals surface area contributed by atoms with Crippen LogP contribution in [0.1, 0.15) is 69.5 Å². The fourth-order valence-electron chi connectivity index (χ4n) is 4.79. The molecule has 3 aromatic carbocycles. The summed E-state index contributed by atoms with van der Waals surface area (Å²) in [5.74, 6) is -0.528. The number of amides is 2. The van der Waals surface area contributed by atoms with Crippen LogP contribution in [0, 0.1) is 13.8 Å². The number of nitrogens with zero attached hydrogens (tertiary/aromatic N) is 1. The molecule has 4 rings (SSSR count). The molecule has 0 saturated heterocycles. The van der Waals surface area contributed by atoms with Gasteiger partial charge in [-0.2, -0.15) is 0 Å². The molecular formula is C30H35N3O4S. The molecule has 0 aromatic heterocycles. The van der Waals surface area contributed by atoms with Crippen molar-refractivity contribution in [2.24, 2.45) is 0 Å². The third-order valence-electron chi connectivity index (χ3n) is 6.94. The monoisotopic (exact) mass is 533 g/mol. The van der Waals surface area contributed by atoms with Crippen LogP contribution in [-0.4, -0.2) is 32.5 Å². The molecule has 0 spiro atoms. The topological polar surface area (TPSA) is 95.6 Å². The third kappa shape index (κ3) is 6.81. The first-order chi connectivity index (χ1) is 18.1. The van der Waals surface area contributed by atoms with Crippen molar-refractivity contribution in [3.8, 4) is 0 Å². The van der Waals surface area contributed by atoms with Crippen molar-refractivity contribution in [3.05, 3.63) is 94.5 Å². The van der Waals surface area contributed by atoms with Gasteiger partial charge in [0.25, 0.3) is 11.8 Å². The molecule has 0 heterocycles. The molecule has 8 heteroatoms. The highest BCUT2D eigenvalue weighted by atomic mass is 32.2. The van der Waals surface area contributed by atoms with E-state index < -0.39 is 10.0 Å². The number of carbonyl (C=O) groups is 2. The molecular weight excluding hydrogens is 498 g/mol. The van der Waals surface area contributed by atoms with Gasteiger partial charge in [-0.15, -0.1) is 0 Å². The van der Waals surface area contributed by atoms with Gasteiger partial charge in [-0.05, 0) is 73.7 Å². The minimum Gasteiger partial charge on any atom is -0.349 e. The zero-order valence-corrected chi connectivity index (χ0v) is 23.0. The van der Waals surface area contributed by atoms with Crippen molar-refractivity contribution in [2.75, 3.05) is 15.9 Å². The maximum absolute atomic E-state index is 13.0. The van der Waals surface area contributed by atoms with Crippen molar-refractivity contribution in [3.63, 3.8) is 0 Å². The number of sulfonamides is 1. The molecule has 0 bridgehead atoms. The first kappa shape index (κ1) is 27.4. The predicted octanol–water partition coefficient (Wildman–Crippen LogP) is 5.58. The minimum absolute atomic E-state index is 0.148. The van der Waals surface area contributed by atoms with E-state index >= 15 is 0 Å². The summed E-state index contributed by atoms with van der Waals surface area (Å²) in [6, 6.07) is 19.7. The number of hydrogen-bond donors (Lipinski definition) is 2. The molecule has 1 fully saturated rings. The summed E-state index contributed by atoms with van der Waals surface area (Å²) in [4.78, 5) is 26.0. The Kier molecular flexibility index (Phi) is 8.52. The van der Waals surface area contributed by atoms with Gasteiger partial charge in [0.2, 0.25) is 10.0 Å². The summed E-state index contributed by atoms with van der Waals surface area (Å²) >= 11 is 0. The maximum atomic E-state index is 13.0. The molecule has 0 radical (unpaired) electrons. The summed E-state index contributed by atoms with van der Waals surface area (Å²) in [6.07, 6.45) is 6.59. The van der Waals surface area contributed by atoms with Gasteiger partial charge in [-0.1, -0.05) is 55.7 Å². The summed E-state index contributed by atoms with van der Waals surface area (Å²) < 4.78 is 26.6. The molecule has 38 heavy (non-hydrogen) atoms. The summed E-state index contributed by atoms with van der Waals surface area (Å²) in [5, 5.41) is 5.97. The Hall–Kier alpha value is -3.65. The van der Waals surface area contributed by atoms with Crippen LogP contribution < -0.4 is 14.9 Å². The fourth-order valence-corrected chi connectivity index (χ4v) is 5.73. The van der Waals surface area contributed by atoms with E-state index in [9.17, 15) is 18.0 Å². The lowest BCUT2D eigenvalue weighted by Gasteiger charge is -2.25. The normalized spacial score (nSPS) is 14.1. The van der Waals surface area contributed by atoms with Gasteiger partial charge < -0.3 is 10.6 Å². The van der Waals surface area contributed by atoms with Crippen LogP contribution >= 0.6 is 0 Å². The molecule has 0 aliphatic heterocycles. The smallest absolute Gasteiger partial charge is 0.255 e. The molecule has 1 aliphatic carbocycles. The van der Waals surface area contributed by atoms with Crippen molar-refractivity contribution in [1.29, 1.82) is 0 Å². The van der Waals surface area contributed by atoms with E-state index in [1.807, 2.05) is 32.0 Å². The average molecular weight is 534 g/mol. The molecule has 2 N–H and O–H groups in total. The summed E-state index contributed by atoms with van der Waals surface area (Å²) in [5.41, 5.74) is 4.52. The Morgan fingerprint density at radius 3 is 2.26 bits per heavy atom. The van der Waals surface area contributed by atoms with Crippen LogP contribution in [0.25, 0.3) is 0 Å². The zero-order chi connectivity index (χ0) is 27.3. The van der Waals surface area contributed by atoms with Gasteiger partial charge in [0, 0.05) is 11.6 Å². The molecule has 2 amide bonds. The summed E-state index contributed by atoms with van der Waals surface area (Å²) in [7, 11) is -3.53. The highest BCUT2D eigenvalue weighted by molar-refractivity contribution is 7.92. The van der Waals surface area contributed by atoms with E-state index in [4.69, 9.17) is 0 Å². The fraction of sp³-hybridized carbons (Fsp3) is 0.333. The van der Waals surface area contributed by atoms with E-state index in [-0.39, 0.29) is 24.4 Å². The third-order valence-corrected chi connectivity index (χ3v) is 8.06. The van der Waals surface area contributed by atoms with E-state index in [2.05, 4.69) is 10.6 Å². The number of aryl methyl sites for hydroxylation is 2. The number of nitrogens with one attached hydrogen (secondary N) is 2. The largest absolute Gasteiger partial charge is 0.349 e. The Labute approximate surface area is 225 Å². The quantitative estimate of drug-likeness (QED) is 0.395. The maximum Gasteiger partial charge on any atom is 0.255 e. The van der Waals surface area contributed by atoms with Crippen molar-refractivity contribution < 1.29 is 18.0 Å². The highest BCUT2D eigenvalue weighted by Gasteiger charge is 2.21. The Bertz CT molecular complexity index is 1410. The second-order valence-corrected chi connectivity index (χ2v) is 12.0. The van der Waals surface area contributed by atoms with Gasteiger partial charge in [0.15, 0.2) is 0 Å². The van der Waals surface area contributed by atoms with Gasteiger partial charge >= 0.3 is 0 Å². The minimum atomic E-state index is -3.53. The SMILES string of the molecule is Cc1ccc(C)c(N(Cc2ccc(C(=O)Nc3ccccc3C(=O)NC3CCCCC3)cc2)S(C)(=O)=O)c1. The molecule has 0 atom stereocenters. The number of hydrogen-bond acceptors (Lipinski definition) is 4. The number of rotatable bonds is 8.